The lowest BCUT2D eigenvalue weighted by molar-refractivity contribution is -0.149. The van der Waals surface area contributed by atoms with Crippen LogP contribution < -0.4 is 0 Å². The van der Waals surface area contributed by atoms with Crippen molar-refractivity contribution in [3.05, 3.63) is 0 Å². The van der Waals surface area contributed by atoms with Crippen molar-refractivity contribution in [2.75, 3.05) is 6.61 Å². The Balaban J connectivity index is 2.28. The van der Waals surface area contributed by atoms with Crippen LogP contribution in [0.4, 0.5) is 0 Å². The van der Waals surface area contributed by atoms with Gasteiger partial charge in [-0.25, -0.2) is 0 Å². The van der Waals surface area contributed by atoms with Gasteiger partial charge >= 0.3 is 5.97 Å². The summed E-state index contributed by atoms with van der Waals surface area (Å²) in [6.45, 7) is 6.36. The Bertz CT molecular complexity index is 239. The van der Waals surface area contributed by atoms with Gasteiger partial charge in [-0.3, -0.25) is 4.79 Å². The maximum atomic E-state index is 11.5. The van der Waals surface area contributed by atoms with Crippen LogP contribution in [-0.4, -0.2) is 23.3 Å². The molecule has 0 amide bonds. The molecule has 3 nitrogen and oxygen atoms in total. The quantitative estimate of drug-likeness (QED) is 0.735. The van der Waals surface area contributed by atoms with E-state index in [1.54, 1.807) is 0 Å². The molecule has 0 aromatic carbocycles. The molecule has 1 N–H and O–H groups in total. The van der Waals surface area contributed by atoms with Crippen molar-refractivity contribution in [1.29, 1.82) is 0 Å². The lowest BCUT2D eigenvalue weighted by Gasteiger charge is -2.20. The monoisotopic (exact) mass is 228 g/mol. The van der Waals surface area contributed by atoms with Crippen molar-refractivity contribution in [3.8, 4) is 0 Å². The van der Waals surface area contributed by atoms with Gasteiger partial charge in [0.25, 0.3) is 0 Å². The second kappa shape index (κ2) is 5.67. The zero-order chi connectivity index (χ0) is 12.2. The van der Waals surface area contributed by atoms with Crippen LogP contribution in [0.2, 0.25) is 0 Å². The van der Waals surface area contributed by atoms with E-state index in [4.69, 9.17) is 4.74 Å². The van der Waals surface area contributed by atoms with Gasteiger partial charge in [-0.1, -0.05) is 20.8 Å². The van der Waals surface area contributed by atoms with Crippen LogP contribution in [0.3, 0.4) is 0 Å². The molecule has 0 bridgehead atoms. The van der Waals surface area contributed by atoms with E-state index in [2.05, 4.69) is 0 Å². The number of hydrogen-bond acceptors (Lipinski definition) is 3. The molecule has 0 saturated heterocycles. The largest absolute Gasteiger partial charge is 0.465 e. The van der Waals surface area contributed by atoms with Gasteiger partial charge in [0.1, 0.15) is 0 Å². The number of carbonyl (C=O) groups excluding carboxylic acids is 1. The Hall–Kier alpha value is -0.570. The van der Waals surface area contributed by atoms with Crippen LogP contribution in [-0.2, 0) is 9.53 Å². The number of ether oxygens (including phenoxy) is 1. The highest BCUT2D eigenvalue weighted by Gasteiger charge is 2.36. The van der Waals surface area contributed by atoms with Crippen molar-refractivity contribution < 1.29 is 14.6 Å². The van der Waals surface area contributed by atoms with Gasteiger partial charge in [0, 0.05) is 0 Å². The molecule has 0 heterocycles. The highest BCUT2D eigenvalue weighted by molar-refractivity contribution is 5.71. The molecule has 16 heavy (non-hydrogen) atoms. The molecule has 0 aromatic heterocycles. The maximum Gasteiger partial charge on any atom is 0.308 e. The number of aliphatic hydroxyl groups is 1. The van der Waals surface area contributed by atoms with Gasteiger partial charge in [-0.2, -0.15) is 0 Å². The Kier molecular flexibility index (Phi) is 4.78. The van der Waals surface area contributed by atoms with Crippen LogP contribution in [0.5, 0.6) is 0 Å². The van der Waals surface area contributed by atoms with E-state index in [-0.39, 0.29) is 11.9 Å². The summed E-state index contributed by atoms with van der Waals surface area (Å²) in [5.74, 6) is 0.235. The van der Waals surface area contributed by atoms with E-state index in [1.807, 2.05) is 20.8 Å². The minimum absolute atomic E-state index is 0.00791. The molecule has 0 aliphatic heterocycles. The van der Waals surface area contributed by atoms with Crippen molar-refractivity contribution in [2.24, 2.45) is 11.8 Å². The molecule has 1 aliphatic carbocycles. The predicted octanol–water partition coefficient (Wildman–Crippen LogP) is 2.52. The van der Waals surface area contributed by atoms with Crippen LogP contribution >= 0.6 is 0 Å². The van der Waals surface area contributed by atoms with Gasteiger partial charge in [0.05, 0.1) is 18.1 Å². The first kappa shape index (κ1) is 13.5. The third-order valence-corrected chi connectivity index (χ3v) is 3.82. The topological polar surface area (TPSA) is 46.5 Å². The predicted molar refractivity (Wildman–Crippen MR) is 63.0 cm³/mol. The zero-order valence-corrected chi connectivity index (χ0v) is 10.7. The molecule has 1 fully saturated rings. The molecule has 3 unspecified atom stereocenters. The standard InChI is InChI=1S/C13H24O3/c1-4-10(3)12(14)16-9-11-6-7-13(15,5-2)8-11/h10-11,15H,4-9H2,1-3H3. The second-order valence-corrected chi connectivity index (χ2v) is 5.13. The van der Waals surface area contributed by atoms with E-state index >= 15 is 0 Å². The molecule has 1 saturated carbocycles. The summed E-state index contributed by atoms with van der Waals surface area (Å²) in [6, 6.07) is 0. The number of hydrogen-bond donors (Lipinski definition) is 1. The third-order valence-electron chi connectivity index (χ3n) is 3.82. The Labute approximate surface area is 98.2 Å². The minimum Gasteiger partial charge on any atom is -0.465 e. The van der Waals surface area contributed by atoms with E-state index < -0.39 is 5.60 Å². The summed E-state index contributed by atoms with van der Waals surface area (Å²) in [4.78, 5) is 11.5. The number of carbonyl (C=O) groups is 1. The normalized spacial score (nSPS) is 31.4. The van der Waals surface area contributed by atoms with Gasteiger partial charge in [-0.15, -0.1) is 0 Å². The number of esters is 1. The average Bonchev–Trinajstić information content (AvgIpc) is 2.68. The smallest absolute Gasteiger partial charge is 0.308 e. The molecular formula is C13H24O3. The van der Waals surface area contributed by atoms with Gasteiger partial charge in [-0.05, 0) is 38.0 Å². The zero-order valence-electron chi connectivity index (χ0n) is 10.7. The van der Waals surface area contributed by atoms with Gasteiger partial charge in [0.15, 0.2) is 0 Å². The molecular weight excluding hydrogens is 204 g/mol. The molecule has 0 aromatic rings. The Morgan fingerprint density at radius 2 is 2.25 bits per heavy atom. The Morgan fingerprint density at radius 3 is 2.75 bits per heavy atom. The lowest BCUT2D eigenvalue weighted by Crippen LogP contribution is -2.24. The van der Waals surface area contributed by atoms with Crippen molar-refractivity contribution in [3.63, 3.8) is 0 Å². The molecule has 3 atom stereocenters. The summed E-state index contributed by atoms with van der Waals surface area (Å²) in [7, 11) is 0. The molecule has 94 valence electrons. The highest BCUT2D eigenvalue weighted by atomic mass is 16.5. The summed E-state index contributed by atoms with van der Waals surface area (Å²) in [5, 5.41) is 10.1. The molecule has 0 radical (unpaired) electrons. The van der Waals surface area contributed by atoms with Gasteiger partial charge in [0.2, 0.25) is 0 Å². The van der Waals surface area contributed by atoms with Gasteiger partial charge < -0.3 is 9.84 Å². The van der Waals surface area contributed by atoms with E-state index in [9.17, 15) is 9.90 Å². The first-order chi connectivity index (χ1) is 7.50. The second-order valence-electron chi connectivity index (χ2n) is 5.13. The highest BCUT2D eigenvalue weighted by Crippen LogP contribution is 2.36. The summed E-state index contributed by atoms with van der Waals surface area (Å²) in [5.41, 5.74) is -0.507. The van der Waals surface area contributed by atoms with Crippen LogP contribution in [0.15, 0.2) is 0 Å². The summed E-state index contributed by atoms with van der Waals surface area (Å²) in [6.07, 6.45) is 4.20. The average molecular weight is 228 g/mol. The van der Waals surface area contributed by atoms with Crippen LogP contribution in [0.25, 0.3) is 0 Å². The SMILES string of the molecule is CCC(C)C(=O)OCC1CCC(O)(CC)C1. The fourth-order valence-electron chi connectivity index (χ4n) is 2.19. The Morgan fingerprint density at radius 1 is 1.56 bits per heavy atom. The van der Waals surface area contributed by atoms with E-state index in [0.717, 1.165) is 32.1 Å². The fourth-order valence-corrected chi connectivity index (χ4v) is 2.19. The van der Waals surface area contributed by atoms with Crippen molar-refractivity contribution >= 4 is 5.97 Å². The van der Waals surface area contributed by atoms with Crippen molar-refractivity contribution in [2.45, 2.75) is 58.5 Å². The summed E-state index contributed by atoms with van der Waals surface area (Å²) >= 11 is 0. The lowest BCUT2D eigenvalue weighted by atomic mass is 9.98. The van der Waals surface area contributed by atoms with E-state index in [1.165, 1.54) is 0 Å². The van der Waals surface area contributed by atoms with Crippen LogP contribution in [0, 0.1) is 11.8 Å². The first-order valence-electron chi connectivity index (χ1n) is 6.39. The third kappa shape index (κ3) is 3.48. The summed E-state index contributed by atoms with van der Waals surface area (Å²) < 4.78 is 5.27. The minimum atomic E-state index is -0.507. The van der Waals surface area contributed by atoms with E-state index in [0.29, 0.717) is 12.5 Å². The molecule has 3 heteroatoms. The first-order valence-corrected chi connectivity index (χ1v) is 6.39. The van der Waals surface area contributed by atoms with Crippen molar-refractivity contribution in [1.82, 2.24) is 0 Å². The fraction of sp³-hybridized carbons (Fsp3) is 0.923. The molecule has 1 rings (SSSR count). The molecule has 1 aliphatic rings. The number of rotatable bonds is 5. The maximum absolute atomic E-state index is 11.5. The van der Waals surface area contributed by atoms with Crippen LogP contribution in [0.1, 0.15) is 52.9 Å². The molecule has 0 spiro atoms.